The Morgan fingerprint density at radius 1 is 1.00 bits per heavy atom. The number of likely N-dealkylation sites (tertiary alicyclic amines) is 1. The van der Waals surface area contributed by atoms with Crippen molar-refractivity contribution in [3.05, 3.63) is 89.6 Å². The highest BCUT2D eigenvalue weighted by Crippen LogP contribution is 2.38. The first-order valence-corrected chi connectivity index (χ1v) is 15.9. The molecule has 1 aliphatic carbocycles. The molecule has 3 heterocycles. The van der Waals surface area contributed by atoms with Gasteiger partial charge in [-0.25, -0.2) is 23.2 Å². The van der Waals surface area contributed by atoms with Crippen LogP contribution < -0.4 is 20.7 Å². The Kier molecular flexibility index (Phi) is 9.69. The van der Waals surface area contributed by atoms with Crippen molar-refractivity contribution in [3.63, 3.8) is 0 Å². The molecule has 1 saturated carbocycles. The summed E-state index contributed by atoms with van der Waals surface area (Å²) in [6.45, 7) is 4.63. The average molecular weight is 660 g/mol. The van der Waals surface area contributed by atoms with E-state index in [9.17, 15) is 18.4 Å². The third kappa shape index (κ3) is 7.16. The fourth-order valence-corrected chi connectivity index (χ4v) is 6.39. The molecule has 6 rings (SSSR count). The van der Waals surface area contributed by atoms with Crippen LogP contribution in [-0.2, 0) is 4.74 Å². The molecule has 0 bridgehead atoms. The van der Waals surface area contributed by atoms with E-state index in [1.807, 2.05) is 55.5 Å². The zero-order valence-corrected chi connectivity index (χ0v) is 27.1. The minimum absolute atomic E-state index is 0.0595. The van der Waals surface area contributed by atoms with Crippen LogP contribution in [0.1, 0.15) is 40.2 Å². The number of nitrogens with zero attached hydrogens (tertiary/aromatic N) is 4. The number of alkyl halides is 2. The number of halogens is 2. The highest BCUT2D eigenvalue weighted by Gasteiger charge is 2.46. The third-order valence-corrected chi connectivity index (χ3v) is 8.89. The minimum Gasteiger partial charge on any atom is -0.480 e. The molecule has 2 aromatic heterocycles. The van der Waals surface area contributed by atoms with Gasteiger partial charge in [0.1, 0.15) is 11.4 Å². The fourth-order valence-electron chi connectivity index (χ4n) is 6.39. The highest BCUT2D eigenvalue weighted by atomic mass is 19.3. The Balaban J connectivity index is 1.28. The summed E-state index contributed by atoms with van der Waals surface area (Å²) in [5, 5.41) is 13.7. The van der Waals surface area contributed by atoms with Crippen LogP contribution in [0.25, 0.3) is 16.9 Å². The largest absolute Gasteiger partial charge is 0.480 e. The molecule has 3 amide bonds. The van der Waals surface area contributed by atoms with Crippen molar-refractivity contribution >= 4 is 17.8 Å². The van der Waals surface area contributed by atoms with E-state index in [4.69, 9.17) is 14.6 Å². The number of methoxy groups -OCH3 is 2. The monoisotopic (exact) mass is 659 g/mol. The van der Waals surface area contributed by atoms with Gasteiger partial charge in [-0.2, -0.15) is 5.10 Å². The van der Waals surface area contributed by atoms with Crippen molar-refractivity contribution in [2.75, 3.05) is 45.8 Å². The zero-order valence-electron chi connectivity index (χ0n) is 27.1. The second kappa shape index (κ2) is 14.1. The quantitative estimate of drug-likeness (QED) is 0.207. The number of anilines is 1. The standard InChI is InChI=1S/C35H39F2N7O4/c1-22-30(24-16-27(33(48-3)38-19-24)32(45)39-25-17-35(36,37)18-25)42-44(26-12-8-5-9-13-26)31(22)41-34(46)40-29-21-43(14-15-47-2)20-28(29)23-10-6-4-7-11-23/h4-13,16,19,25,28-29H,14-15,17-18,20-21H2,1-3H3,(H,39,45)(H2,40,41,46)/t28-,29+/m0/s1. The van der Waals surface area contributed by atoms with Gasteiger partial charge in [0, 0.05) is 68.9 Å². The average Bonchev–Trinajstić information content (AvgIpc) is 3.63. The molecule has 3 N–H and O–H groups in total. The van der Waals surface area contributed by atoms with Crippen LogP contribution in [0.3, 0.4) is 0 Å². The number of hydrogen-bond donors (Lipinski definition) is 3. The van der Waals surface area contributed by atoms with Crippen LogP contribution in [0.4, 0.5) is 19.4 Å². The second-order valence-corrected chi connectivity index (χ2v) is 12.3. The molecule has 0 spiro atoms. The van der Waals surface area contributed by atoms with Crippen molar-refractivity contribution < 1.29 is 27.8 Å². The number of nitrogens with one attached hydrogen (secondary N) is 3. The summed E-state index contributed by atoms with van der Waals surface area (Å²) < 4.78 is 39.1. The number of carbonyl (C=O) groups excluding carboxylic acids is 2. The van der Waals surface area contributed by atoms with Gasteiger partial charge in [0.25, 0.3) is 11.8 Å². The molecule has 2 fully saturated rings. The molecule has 2 aliphatic rings. The van der Waals surface area contributed by atoms with E-state index < -0.39 is 30.7 Å². The molecular formula is C35H39F2N7O4. The van der Waals surface area contributed by atoms with Crippen molar-refractivity contribution in [1.29, 1.82) is 0 Å². The lowest BCUT2D eigenvalue weighted by atomic mass is 9.88. The zero-order chi connectivity index (χ0) is 33.8. The van der Waals surface area contributed by atoms with Gasteiger partial charge in [-0.1, -0.05) is 48.5 Å². The number of carbonyl (C=O) groups is 2. The summed E-state index contributed by atoms with van der Waals surface area (Å²) in [6, 6.07) is 19.9. The lowest BCUT2D eigenvalue weighted by molar-refractivity contribution is -0.0901. The maximum Gasteiger partial charge on any atom is 0.320 e. The molecule has 48 heavy (non-hydrogen) atoms. The number of amides is 3. The number of urea groups is 1. The molecular weight excluding hydrogens is 620 g/mol. The number of pyridine rings is 1. The SMILES string of the molecule is COCCN1C[C@@H](NC(=O)Nc2c(C)c(-c3cnc(OC)c(C(=O)NC4CC(F)(F)C4)c3)nn2-c2ccccc2)[C@H](c2ccccc2)C1. The number of aromatic nitrogens is 3. The first kappa shape index (κ1) is 33.0. The van der Waals surface area contributed by atoms with E-state index in [2.05, 4.69) is 38.0 Å². The Labute approximate surface area is 277 Å². The maximum atomic E-state index is 13.7. The van der Waals surface area contributed by atoms with Crippen molar-refractivity contribution in [3.8, 4) is 22.8 Å². The second-order valence-electron chi connectivity index (χ2n) is 12.3. The molecule has 1 saturated heterocycles. The molecule has 0 unspecified atom stereocenters. The first-order chi connectivity index (χ1) is 23.2. The summed E-state index contributed by atoms with van der Waals surface area (Å²) in [6.07, 6.45) is 0.702. The Bertz CT molecular complexity index is 1740. The molecule has 2 aromatic carbocycles. The van der Waals surface area contributed by atoms with Crippen molar-refractivity contribution in [2.24, 2.45) is 0 Å². The van der Waals surface area contributed by atoms with Crippen LogP contribution >= 0.6 is 0 Å². The van der Waals surface area contributed by atoms with E-state index in [1.165, 1.54) is 13.3 Å². The predicted octanol–water partition coefficient (Wildman–Crippen LogP) is 5.01. The topological polar surface area (TPSA) is 123 Å². The molecule has 0 radical (unpaired) electrons. The van der Waals surface area contributed by atoms with Crippen LogP contribution in [0.5, 0.6) is 5.88 Å². The third-order valence-electron chi connectivity index (χ3n) is 8.89. The van der Waals surface area contributed by atoms with E-state index in [0.717, 1.165) is 18.7 Å². The molecule has 252 valence electrons. The smallest absolute Gasteiger partial charge is 0.320 e. The van der Waals surface area contributed by atoms with Gasteiger partial charge in [0.15, 0.2) is 0 Å². The van der Waals surface area contributed by atoms with Gasteiger partial charge < -0.3 is 20.1 Å². The highest BCUT2D eigenvalue weighted by molar-refractivity contribution is 5.98. The van der Waals surface area contributed by atoms with Gasteiger partial charge in [-0.3, -0.25) is 15.0 Å². The maximum absolute atomic E-state index is 13.7. The summed E-state index contributed by atoms with van der Waals surface area (Å²) in [5.74, 6) is -2.75. The fraction of sp³-hybridized carbons (Fsp3) is 0.371. The van der Waals surface area contributed by atoms with Crippen LogP contribution in [0.15, 0.2) is 72.9 Å². The molecule has 1 aliphatic heterocycles. The normalized spacial score (nSPS) is 19.0. The van der Waals surface area contributed by atoms with Gasteiger partial charge >= 0.3 is 6.03 Å². The van der Waals surface area contributed by atoms with Gasteiger partial charge in [-0.05, 0) is 30.7 Å². The summed E-state index contributed by atoms with van der Waals surface area (Å²) >= 11 is 0. The number of rotatable bonds is 11. The predicted molar refractivity (Wildman–Crippen MR) is 177 cm³/mol. The molecule has 11 nitrogen and oxygen atoms in total. The van der Waals surface area contributed by atoms with E-state index >= 15 is 0 Å². The summed E-state index contributed by atoms with van der Waals surface area (Å²) in [5.41, 5.74) is 3.55. The minimum atomic E-state index is -2.77. The molecule has 2 atom stereocenters. The number of hydrogen-bond acceptors (Lipinski definition) is 7. The number of ether oxygens (including phenoxy) is 2. The first-order valence-electron chi connectivity index (χ1n) is 15.9. The van der Waals surface area contributed by atoms with Crippen LogP contribution in [0.2, 0.25) is 0 Å². The Morgan fingerprint density at radius 3 is 2.38 bits per heavy atom. The van der Waals surface area contributed by atoms with E-state index in [-0.39, 0.29) is 29.4 Å². The Hall–Kier alpha value is -4.88. The van der Waals surface area contributed by atoms with Crippen LogP contribution in [-0.4, -0.2) is 90.1 Å². The summed E-state index contributed by atoms with van der Waals surface area (Å²) in [7, 11) is 3.06. The van der Waals surface area contributed by atoms with E-state index in [0.29, 0.717) is 41.5 Å². The molecule has 4 aromatic rings. The number of para-hydroxylation sites is 1. The van der Waals surface area contributed by atoms with Crippen LogP contribution in [0, 0.1) is 6.92 Å². The van der Waals surface area contributed by atoms with E-state index in [1.54, 1.807) is 17.9 Å². The van der Waals surface area contributed by atoms with Gasteiger partial charge in [0.05, 0.1) is 31.1 Å². The van der Waals surface area contributed by atoms with Crippen molar-refractivity contribution in [2.45, 2.75) is 43.7 Å². The lowest BCUT2D eigenvalue weighted by Gasteiger charge is -2.35. The Morgan fingerprint density at radius 2 is 1.71 bits per heavy atom. The summed E-state index contributed by atoms with van der Waals surface area (Å²) in [4.78, 5) is 33.5. The van der Waals surface area contributed by atoms with Crippen molar-refractivity contribution in [1.82, 2.24) is 30.3 Å². The molecule has 13 heteroatoms. The number of benzene rings is 2. The van der Waals surface area contributed by atoms with Gasteiger partial charge in [-0.15, -0.1) is 0 Å². The van der Waals surface area contributed by atoms with Gasteiger partial charge in [0.2, 0.25) is 5.88 Å². The lowest BCUT2D eigenvalue weighted by Crippen LogP contribution is -2.50.